The van der Waals surface area contributed by atoms with Gasteiger partial charge in [0.15, 0.2) is 0 Å². The standard InChI is InChI=1S/C23H32N4O3/c1-26-20-10-6-5-9-19(20)25-21(26)13-17-15-27(12-11-16(17)14-22(28)29)23(30)24-18-7-3-2-4-8-18/h5-6,9-10,16-18H,2-4,7-8,11-15H2,1H3,(H,24,30)(H,28,29). The first kappa shape index (κ1) is 20.7. The van der Waals surface area contributed by atoms with E-state index in [1.54, 1.807) is 0 Å². The second-order valence-corrected chi connectivity index (χ2v) is 8.92. The van der Waals surface area contributed by atoms with Crippen molar-refractivity contribution in [3.05, 3.63) is 30.1 Å². The van der Waals surface area contributed by atoms with Gasteiger partial charge in [-0.1, -0.05) is 31.4 Å². The van der Waals surface area contributed by atoms with Gasteiger partial charge in [0.2, 0.25) is 0 Å². The van der Waals surface area contributed by atoms with Gasteiger partial charge in [0.1, 0.15) is 5.82 Å². The van der Waals surface area contributed by atoms with Gasteiger partial charge in [-0.05, 0) is 43.2 Å². The topological polar surface area (TPSA) is 87.5 Å². The molecule has 2 heterocycles. The summed E-state index contributed by atoms with van der Waals surface area (Å²) in [6.07, 6.45) is 7.28. The number of urea groups is 1. The lowest BCUT2D eigenvalue weighted by atomic mass is 9.81. The maximum atomic E-state index is 12.9. The Morgan fingerprint density at radius 3 is 2.63 bits per heavy atom. The number of nitrogens with zero attached hydrogens (tertiary/aromatic N) is 3. The zero-order chi connectivity index (χ0) is 21.1. The molecule has 1 saturated carbocycles. The number of rotatable bonds is 5. The Bertz CT molecular complexity index is 903. The summed E-state index contributed by atoms with van der Waals surface area (Å²) in [4.78, 5) is 31.0. The van der Waals surface area contributed by atoms with Crippen LogP contribution in [0, 0.1) is 11.8 Å². The van der Waals surface area contributed by atoms with Crippen molar-refractivity contribution in [1.82, 2.24) is 19.8 Å². The van der Waals surface area contributed by atoms with Crippen LogP contribution in [-0.2, 0) is 18.3 Å². The minimum atomic E-state index is -0.768. The van der Waals surface area contributed by atoms with E-state index in [2.05, 4.69) is 9.88 Å². The highest BCUT2D eigenvalue weighted by Gasteiger charge is 2.34. The summed E-state index contributed by atoms with van der Waals surface area (Å²) in [6, 6.07) is 8.31. The Balaban J connectivity index is 1.48. The van der Waals surface area contributed by atoms with Crippen LogP contribution in [0.5, 0.6) is 0 Å². The quantitative estimate of drug-likeness (QED) is 0.786. The number of imidazole rings is 1. The summed E-state index contributed by atoms with van der Waals surface area (Å²) in [7, 11) is 2.01. The lowest BCUT2D eigenvalue weighted by molar-refractivity contribution is -0.139. The van der Waals surface area contributed by atoms with Crippen molar-refractivity contribution in [3.63, 3.8) is 0 Å². The number of carbonyl (C=O) groups is 2. The Morgan fingerprint density at radius 2 is 1.90 bits per heavy atom. The molecule has 4 rings (SSSR count). The van der Waals surface area contributed by atoms with Gasteiger partial charge in [-0.3, -0.25) is 4.79 Å². The van der Waals surface area contributed by atoms with Crippen LogP contribution < -0.4 is 5.32 Å². The van der Waals surface area contributed by atoms with Gasteiger partial charge < -0.3 is 19.9 Å². The molecule has 1 aliphatic carbocycles. The first-order valence-electron chi connectivity index (χ1n) is 11.2. The summed E-state index contributed by atoms with van der Waals surface area (Å²) in [5.74, 6) is 0.324. The molecule has 7 nitrogen and oxygen atoms in total. The lowest BCUT2D eigenvalue weighted by Crippen LogP contribution is -2.51. The average molecular weight is 413 g/mol. The van der Waals surface area contributed by atoms with E-state index >= 15 is 0 Å². The van der Waals surface area contributed by atoms with Crippen molar-refractivity contribution >= 4 is 23.0 Å². The van der Waals surface area contributed by atoms with Crippen LogP contribution in [0.4, 0.5) is 4.79 Å². The van der Waals surface area contributed by atoms with Crippen molar-refractivity contribution in [1.29, 1.82) is 0 Å². The van der Waals surface area contributed by atoms with Crippen LogP contribution in [0.2, 0.25) is 0 Å². The van der Waals surface area contributed by atoms with Crippen molar-refractivity contribution < 1.29 is 14.7 Å². The average Bonchev–Trinajstić information content (AvgIpc) is 3.05. The molecule has 2 aromatic rings. The third kappa shape index (κ3) is 4.60. The van der Waals surface area contributed by atoms with Gasteiger partial charge in [0, 0.05) is 39.0 Å². The van der Waals surface area contributed by atoms with E-state index in [4.69, 9.17) is 4.98 Å². The van der Waals surface area contributed by atoms with Crippen molar-refractivity contribution in [3.8, 4) is 0 Å². The molecule has 30 heavy (non-hydrogen) atoms. The molecule has 0 spiro atoms. The molecule has 2 amide bonds. The Morgan fingerprint density at radius 1 is 1.13 bits per heavy atom. The summed E-state index contributed by atoms with van der Waals surface area (Å²) in [6.45, 7) is 1.20. The predicted molar refractivity (Wildman–Crippen MR) is 115 cm³/mol. The number of amides is 2. The smallest absolute Gasteiger partial charge is 0.317 e. The number of aromatic nitrogens is 2. The number of piperidine rings is 1. The Kier molecular flexibility index (Phi) is 6.25. The molecule has 0 bridgehead atoms. The second-order valence-electron chi connectivity index (χ2n) is 8.92. The highest BCUT2D eigenvalue weighted by molar-refractivity contribution is 5.76. The fourth-order valence-electron chi connectivity index (χ4n) is 5.11. The van der Waals surface area contributed by atoms with Crippen LogP contribution >= 0.6 is 0 Å². The summed E-state index contributed by atoms with van der Waals surface area (Å²) in [5.41, 5.74) is 2.03. The molecule has 1 aromatic heterocycles. The number of hydrogen-bond acceptors (Lipinski definition) is 3. The maximum Gasteiger partial charge on any atom is 0.317 e. The van der Waals surface area contributed by atoms with Gasteiger partial charge >= 0.3 is 12.0 Å². The number of benzene rings is 1. The predicted octanol–water partition coefficient (Wildman–Crippen LogP) is 3.57. The minimum Gasteiger partial charge on any atom is -0.481 e. The minimum absolute atomic E-state index is 0.00526. The zero-order valence-electron chi connectivity index (χ0n) is 17.7. The largest absolute Gasteiger partial charge is 0.481 e. The van der Waals surface area contributed by atoms with E-state index in [0.29, 0.717) is 19.5 Å². The number of carboxylic acid groups (broad SMARTS) is 1. The van der Waals surface area contributed by atoms with Crippen molar-refractivity contribution in [2.24, 2.45) is 18.9 Å². The van der Waals surface area contributed by atoms with E-state index in [0.717, 1.165) is 36.1 Å². The van der Waals surface area contributed by atoms with Gasteiger partial charge in [0.05, 0.1) is 11.0 Å². The van der Waals surface area contributed by atoms with E-state index in [1.165, 1.54) is 19.3 Å². The summed E-state index contributed by atoms with van der Waals surface area (Å²) >= 11 is 0. The molecule has 2 N–H and O–H groups in total. The van der Waals surface area contributed by atoms with Gasteiger partial charge in [-0.25, -0.2) is 9.78 Å². The second kappa shape index (κ2) is 9.06. The highest BCUT2D eigenvalue weighted by atomic mass is 16.4. The lowest BCUT2D eigenvalue weighted by Gasteiger charge is -2.39. The van der Waals surface area contributed by atoms with E-state index in [9.17, 15) is 14.7 Å². The number of carbonyl (C=O) groups excluding carboxylic acids is 1. The monoisotopic (exact) mass is 412 g/mol. The SMILES string of the molecule is Cn1c(CC2CN(C(=O)NC3CCCCC3)CCC2CC(=O)O)nc2ccccc21. The van der Waals surface area contributed by atoms with Crippen LogP contribution in [0.1, 0.15) is 50.8 Å². The molecular formula is C23H32N4O3. The number of nitrogens with one attached hydrogen (secondary N) is 1. The number of likely N-dealkylation sites (tertiary alicyclic amines) is 1. The zero-order valence-corrected chi connectivity index (χ0v) is 17.7. The van der Waals surface area contributed by atoms with Gasteiger partial charge in [-0.15, -0.1) is 0 Å². The first-order chi connectivity index (χ1) is 14.5. The Hall–Kier alpha value is -2.57. The molecule has 2 unspecified atom stereocenters. The third-order valence-electron chi connectivity index (χ3n) is 6.87. The van der Waals surface area contributed by atoms with Crippen LogP contribution in [-0.4, -0.2) is 50.7 Å². The molecule has 1 saturated heterocycles. The molecule has 7 heteroatoms. The van der Waals surface area contributed by atoms with E-state index in [-0.39, 0.29) is 30.3 Å². The van der Waals surface area contributed by atoms with Crippen LogP contribution in [0.15, 0.2) is 24.3 Å². The molecule has 2 aliphatic rings. The number of aliphatic carboxylic acids is 1. The maximum absolute atomic E-state index is 12.9. The number of hydrogen-bond donors (Lipinski definition) is 2. The molecule has 0 radical (unpaired) electrons. The van der Waals surface area contributed by atoms with Crippen LogP contribution in [0.25, 0.3) is 11.0 Å². The molecule has 1 aromatic carbocycles. The van der Waals surface area contributed by atoms with Crippen molar-refractivity contribution in [2.75, 3.05) is 13.1 Å². The van der Waals surface area contributed by atoms with Crippen molar-refractivity contribution in [2.45, 2.75) is 57.4 Å². The number of fused-ring (bicyclic) bond motifs is 1. The third-order valence-corrected chi connectivity index (χ3v) is 6.87. The fourth-order valence-corrected chi connectivity index (χ4v) is 5.11. The van der Waals surface area contributed by atoms with Crippen LogP contribution in [0.3, 0.4) is 0 Å². The van der Waals surface area contributed by atoms with E-state index < -0.39 is 5.97 Å². The normalized spacial score (nSPS) is 22.9. The van der Waals surface area contributed by atoms with E-state index in [1.807, 2.05) is 36.2 Å². The number of aryl methyl sites for hydroxylation is 1. The van der Waals surface area contributed by atoms with Gasteiger partial charge in [-0.2, -0.15) is 0 Å². The Labute approximate surface area is 177 Å². The summed E-state index contributed by atoms with van der Waals surface area (Å²) in [5, 5.41) is 12.6. The number of para-hydroxylation sites is 2. The molecule has 1 aliphatic heterocycles. The highest BCUT2D eigenvalue weighted by Crippen LogP contribution is 2.30. The van der Waals surface area contributed by atoms with Gasteiger partial charge in [0.25, 0.3) is 0 Å². The molecule has 2 atom stereocenters. The fraction of sp³-hybridized carbons (Fsp3) is 0.609. The summed E-state index contributed by atoms with van der Waals surface area (Å²) < 4.78 is 2.09. The molecular weight excluding hydrogens is 380 g/mol. The molecule has 162 valence electrons. The first-order valence-corrected chi connectivity index (χ1v) is 11.2. The molecule has 2 fully saturated rings. The number of carboxylic acids is 1.